The van der Waals surface area contributed by atoms with Crippen LogP contribution in [0.4, 0.5) is 0 Å². The van der Waals surface area contributed by atoms with Crippen LogP contribution in [0.5, 0.6) is 0 Å². The van der Waals surface area contributed by atoms with Crippen LogP contribution in [0, 0.1) is 13.8 Å². The van der Waals surface area contributed by atoms with Crippen LogP contribution in [0.3, 0.4) is 0 Å². The van der Waals surface area contributed by atoms with Crippen molar-refractivity contribution in [3.63, 3.8) is 0 Å². The van der Waals surface area contributed by atoms with Gasteiger partial charge in [0, 0.05) is 6.61 Å². The number of aryl methyl sites for hydroxylation is 3. The lowest BCUT2D eigenvalue weighted by Gasteiger charge is -2.10. The fraction of sp³-hybridized carbons (Fsp3) is 0.600. The van der Waals surface area contributed by atoms with Crippen LogP contribution in [0.2, 0.25) is 0 Å². The van der Waals surface area contributed by atoms with Gasteiger partial charge in [0.2, 0.25) is 0 Å². The minimum absolute atomic E-state index is 0.547. The molecule has 1 aliphatic heterocycles. The number of hydrogen-bond acceptors (Lipinski definition) is 1. The van der Waals surface area contributed by atoms with Crippen molar-refractivity contribution >= 4 is 0 Å². The van der Waals surface area contributed by atoms with E-state index >= 15 is 0 Å². The maximum absolute atomic E-state index is 5.64. The highest BCUT2D eigenvalue weighted by Gasteiger charge is 2.14. The Balaban J connectivity index is 1.80. The maximum Gasteiger partial charge on any atom is 0.0576 e. The summed E-state index contributed by atoms with van der Waals surface area (Å²) in [6.07, 6.45) is 6.76. The Kier molecular flexibility index (Phi) is 4.00. The van der Waals surface area contributed by atoms with Crippen LogP contribution in [0.1, 0.15) is 42.4 Å². The number of rotatable bonds is 4. The topological polar surface area (TPSA) is 9.23 Å². The van der Waals surface area contributed by atoms with Crippen molar-refractivity contribution in [2.24, 2.45) is 0 Å². The van der Waals surface area contributed by atoms with Gasteiger partial charge >= 0.3 is 0 Å². The Morgan fingerprint density at radius 1 is 1.31 bits per heavy atom. The summed E-state index contributed by atoms with van der Waals surface area (Å²) >= 11 is 0. The second-order valence-electron chi connectivity index (χ2n) is 4.96. The smallest absolute Gasteiger partial charge is 0.0576 e. The molecule has 1 saturated heterocycles. The van der Waals surface area contributed by atoms with Gasteiger partial charge in [0.05, 0.1) is 6.10 Å². The van der Waals surface area contributed by atoms with Crippen molar-refractivity contribution in [1.29, 1.82) is 0 Å². The first-order valence-electron chi connectivity index (χ1n) is 6.43. The van der Waals surface area contributed by atoms with E-state index in [1.54, 1.807) is 0 Å². The summed E-state index contributed by atoms with van der Waals surface area (Å²) in [6.45, 7) is 5.35. The largest absolute Gasteiger partial charge is 0.378 e. The molecule has 1 unspecified atom stereocenters. The SMILES string of the molecule is Cc1ccc(CCCC2CCCO2)c(C)c1. The van der Waals surface area contributed by atoms with Gasteiger partial charge in [-0.1, -0.05) is 23.8 Å². The molecule has 0 aliphatic carbocycles. The van der Waals surface area contributed by atoms with Crippen molar-refractivity contribution in [2.45, 2.75) is 52.1 Å². The summed E-state index contributed by atoms with van der Waals surface area (Å²) in [7, 11) is 0. The molecule has 1 heterocycles. The van der Waals surface area contributed by atoms with Gasteiger partial charge in [0.25, 0.3) is 0 Å². The second kappa shape index (κ2) is 5.49. The summed E-state index contributed by atoms with van der Waals surface area (Å²) in [4.78, 5) is 0. The van der Waals surface area contributed by atoms with E-state index in [0.29, 0.717) is 6.10 Å². The van der Waals surface area contributed by atoms with E-state index in [9.17, 15) is 0 Å². The van der Waals surface area contributed by atoms with Gasteiger partial charge in [0.1, 0.15) is 0 Å². The Morgan fingerprint density at radius 2 is 2.19 bits per heavy atom. The van der Waals surface area contributed by atoms with E-state index in [1.165, 1.54) is 48.8 Å². The van der Waals surface area contributed by atoms with Gasteiger partial charge in [-0.2, -0.15) is 0 Å². The average molecular weight is 218 g/mol. The van der Waals surface area contributed by atoms with E-state index in [4.69, 9.17) is 4.74 Å². The fourth-order valence-corrected chi connectivity index (χ4v) is 2.52. The molecule has 1 aliphatic rings. The highest BCUT2D eigenvalue weighted by atomic mass is 16.5. The van der Waals surface area contributed by atoms with Crippen molar-refractivity contribution < 1.29 is 4.74 Å². The third kappa shape index (κ3) is 3.08. The highest BCUT2D eigenvalue weighted by molar-refractivity contribution is 5.30. The summed E-state index contributed by atoms with van der Waals surface area (Å²) in [5.41, 5.74) is 4.30. The normalized spacial score (nSPS) is 20.2. The van der Waals surface area contributed by atoms with Crippen LogP contribution < -0.4 is 0 Å². The fourth-order valence-electron chi connectivity index (χ4n) is 2.52. The predicted octanol–water partition coefficient (Wildman–Crippen LogP) is 3.81. The van der Waals surface area contributed by atoms with Crippen LogP contribution in [-0.4, -0.2) is 12.7 Å². The molecule has 0 aromatic heterocycles. The van der Waals surface area contributed by atoms with Gasteiger partial charge in [-0.15, -0.1) is 0 Å². The molecule has 2 rings (SSSR count). The number of ether oxygens (including phenoxy) is 1. The standard InChI is InChI=1S/C15H22O/c1-12-8-9-14(13(2)11-12)5-3-6-15-7-4-10-16-15/h8-9,11,15H,3-7,10H2,1-2H3. The van der Waals surface area contributed by atoms with E-state index in [0.717, 1.165) is 6.61 Å². The molecule has 1 aromatic carbocycles. The van der Waals surface area contributed by atoms with Crippen LogP contribution in [0.15, 0.2) is 18.2 Å². The molecule has 0 bridgehead atoms. The molecule has 16 heavy (non-hydrogen) atoms. The third-order valence-electron chi connectivity index (χ3n) is 3.49. The molecule has 0 radical (unpaired) electrons. The number of benzene rings is 1. The summed E-state index contributed by atoms with van der Waals surface area (Å²) < 4.78 is 5.64. The minimum atomic E-state index is 0.547. The van der Waals surface area contributed by atoms with Crippen molar-refractivity contribution in [2.75, 3.05) is 6.61 Å². The molecule has 1 heteroatoms. The Morgan fingerprint density at radius 3 is 2.88 bits per heavy atom. The molecule has 1 atom stereocenters. The first-order chi connectivity index (χ1) is 7.75. The molecule has 0 N–H and O–H groups in total. The molecule has 88 valence electrons. The lowest BCUT2D eigenvalue weighted by molar-refractivity contribution is 0.102. The first kappa shape index (κ1) is 11.7. The molecule has 0 spiro atoms. The third-order valence-corrected chi connectivity index (χ3v) is 3.49. The quantitative estimate of drug-likeness (QED) is 0.747. The van der Waals surface area contributed by atoms with E-state index in [2.05, 4.69) is 32.0 Å². The van der Waals surface area contributed by atoms with Crippen molar-refractivity contribution in [3.8, 4) is 0 Å². The highest BCUT2D eigenvalue weighted by Crippen LogP contribution is 2.19. The Hall–Kier alpha value is -0.820. The van der Waals surface area contributed by atoms with E-state index in [1.807, 2.05) is 0 Å². The second-order valence-corrected chi connectivity index (χ2v) is 4.96. The lowest BCUT2D eigenvalue weighted by atomic mass is 9.99. The maximum atomic E-state index is 5.64. The van der Waals surface area contributed by atoms with E-state index < -0.39 is 0 Å². The molecule has 1 fully saturated rings. The van der Waals surface area contributed by atoms with Crippen LogP contribution >= 0.6 is 0 Å². The molecule has 0 amide bonds. The molecular formula is C15H22O. The van der Waals surface area contributed by atoms with Crippen molar-refractivity contribution in [1.82, 2.24) is 0 Å². The van der Waals surface area contributed by atoms with Gasteiger partial charge in [-0.25, -0.2) is 0 Å². The van der Waals surface area contributed by atoms with Gasteiger partial charge in [0.15, 0.2) is 0 Å². The summed E-state index contributed by atoms with van der Waals surface area (Å²) in [6, 6.07) is 6.77. The zero-order valence-corrected chi connectivity index (χ0v) is 10.5. The first-order valence-corrected chi connectivity index (χ1v) is 6.43. The molecular weight excluding hydrogens is 196 g/mol. The molecule has 0 saturated carbocycles. The van der Waals surface area contributed by atoms with Gasteiger partial charge in [-0.3, -0.25) is 0 Å². The zero-order valence-electron chi connectivity index (χ0n) is 10.5. The summed E-state index contributed by atoms with van der Waals surface area (Å²) in [5.74, 6) is 0. The van der Waals surface area contributed by atoms with Gasteiger partial charge in [-0.05, 0) is 57.1 Å². The Bertz CT molecular complexity index is 337. The van der Waals surface area contributed by atoms with Crippen LogP contribution in [-0.2, 0) is 11.2 Å². The zero-order chi connectivity index (χ0) is 11.4. The summed E-state index contributed by atoms with van der Waals surface area (Å²) in [5, 5.41) is 0. The van der Waals surface area contributed by atoms with Crippen molar-refractivity contribution in [3.05, 3.63) is 34.9 Å². The number of hydrogen-bond donors (Lipinski definition) is 0. The van der Waals surface area contributed by atoms with Gasteiger partial charge < -0.3 is 4.74 Å². The molecule has 1 nitrogen and oxygen atoms in total. The average Bonchev–Trinajstić information content (AvgIpc) is 2.74. The lowest BCUT2D eigenvalue weighted by Crippen LogP contribution is -2.05. The molecule has 1 aromatic rings. The van der Waals surface area contributed by atoms with Crippen LogP contribution in [0.25, 0.3) is 0 Å². The monoisotopic (exact) mass is 218 g/mol. The van der Waals surface area contributed by atoms with E-state index in [-0.39, 0.29) is 0 Å². The predicted molar refractivity (Wildman–Crippen MR) is 67.8 cm³/mol. The minimum Gasteiger partial charge on any atom is -0.378 e. The Labute approximate surface area is 98.8 Å².